The molecule has 0 spiro atoms. The highest BCUT2D eigenvalue weighted by Gasteiger charge is 2.25. The highest BCUT2D eigenvalue weighted by molar-refractivity contribution is 4.79. The van der Waals surface area contributed by atoms with E-state index < -0.39 is 0 Å². The summed E-state index contributed by atoms with van der Waals surface area (Å²) in [5.41, 5.74) is 5.93. The van der Waals surface area contributed by atoms with E-state index in [2.05, 4.69) is 11.8 Å². The second kappa shape index (κ2) is 5.28. The number of hydrogen-bond acceptors (Lipinski definition) is 3. The van der Waals surface area contributed by atoms with Gasteiger partial charge in [-0.25, -0.2) is 0 Å². The maximum absolute atomic E-state index is 5.93. The van der Waals surface area contributed by atoms with Gasteiger partial charge in [-0.1, -0.05) is 0 Å². The summed E-state index contributed by atoms with van der Waals surface area (Å²) in [4.78, 5) is 2.55. The number of nitrogens with zero attached hydrogens (tertiary/aromatic N) is 1. The summed E-state index contributed by atoms with van der Waals surface area (Å²) >= 11 is 0. The molecule has 3 heteroatoms. The van der Waals surface area contributed by atoms with Crippen LogP contribution in [0.5, 0.6) is 0 Å². The molecule has 15 heavy (non-hydrogen) atoms. The van der Waals surface area contributed by atoms with Crippen molar-refractivity contribution in [2.24, 2.45) is 11.7 Å². The topological polar surface area (TPSA) is 38.5 Å². The van der Waals surface area contributed by atoms with E-state index in [9.17, 15) is 0 Å². The molecule has 0 aromatic rings. The van der Waals surface area contributed by atoms with Crippen molar-refractivity contribution in [2.45, 2.75) is 44.8 Å². The van der Waals surface area contributed by atoms with Crippen LogP contribution in [0, 0.1) is 5.92 Å². The van der Waals surface area contributed by atoms with Crippen molar-refractivity contribution < 1.29 is 4.74 Å². The monoisotopic (exact) mass is 212 g/mol. The normalized spacial score (nSPS) is 32.0. The highest BCUT2D eigenvalue weighted by atomic mass is 16.5. The molecule has 0 aromatic carbocycles. The van der Waals surface area contributed by atoms with Crippen LogP contribution in [-0.2, 0) is 4.74 Å². The van der Waals surface area contributed by atoms with Crippen LogP contribution in [0.25, 0.3) is 0 Å². The van der Waals surface area contributed by atoms with Gasteiger partial charge in [-0.15, -0.1) is 0 Å². The molecule has 2 heterocycles. The summed E-state index contributed by atoms with van der Waals surface area (Å²) in [5.74, 6) is 0.741. The maximum atomic E-state index is 5.93. The zero-order chi connectivity index (χ0) is 10.7. The molecule has 2 saturated heterocycles. The molecule has 2 rings (SSSR count). The quantitative estimate of drug-likeness (QED) is 0.764. The molecular formula is C12H24N2O. The SMILES string of the molecule is CC(N)C1CCN(CC2CCCO2)CC1. The molecule has 2 N–H and O–H groups in total. The molecule has 0 aliphatic carbocycles. The second-order valence-electron chi connectivity index (χ2n) is 5.13. The number of likely N-dealkylation sites (tertiary alicyclic amines) is 1. The van der Waals surface area contributed by atoms with Crippen LogP contribution in [-0.4, -0.2) is 43.3 Å². The van der Waals surface area contributed by atoms with E-state index in [0.29, 0.717) is 12.1 Å². The summed E-state index contributed by atoms with van der Waals surface area (Å²) in [5, 5.41) is 0. The Hall–Kier alpha value is -0.120. The van der Waals surface area contributed by atoms with Gasteiger partial charge in [0.05, 0.1) is 6.10 Å². The first-order valence-electron chi connectivity index (χ1n) is 6.35. The van der Waals surface area contributed by atoms with E-state index in [-0.39, 0.29) is 0 Å². The fraction of sp³-hybridized carbons (Fsp3) is 1.00. The summed E-state index contributed by atoms with van der Waals surface area (Å²) in [6, 6.07) is 0.370. The molecule has 88 valence electrons. The van der Waals surface area contributed by atoms with Gasteiger partial charge >= 0.3 is 0 Å². The number of hydrogen-bond donors (Lipinski definition) is 1. The van der Waals surface area contributed by atoms with E-state index in [1.807, 2.05) is 0 Å². The van der Waals surface area contributed by atoms with Crippen molar-refractivity contribution in [2.75, 3.05) is 26.2 Å². The Balaban J connectivity index is 1.68. The summed E-state index contributed by atoms with van der Waals surface area (Å²) in [6.07, 6.45) is 5.56. The van der Waals surface area contributed by atoms with E-state index in [1.165, 1.54) is 38.8 Å². The molecular weight excluding hydrogens is 188 g/mol. The lowest BCUT2D eigenvalue weighted by molar-refractivity contribution is 0.0582. The Morgan fingerprint density at radius 1 is 1.33 bits per heavy atom. The Labute approximate surface area is 93.0 Å². The molecule has 2 atom stereocenters. The molecule has 2 unspecified atom stereocenters. The first kappa shape index (κ1) is 11.4. The van der Waals surface area contributed by atoms with E-state index in [1.54, 1.807) is 0 Å². The Bertz CT molecular complexity index is 182. The molecule has 3 nitrogen and oxygen atoms in total. The largest absolute Gasteiger partial charge is 0.377 e. The lowest BCUT2D eigenvalue weighted by Gasteiger charge is -2.34. The number of piperidine rings is 1. The smallest absolute Gasteiger partial charge is 0.0702 e. The molecule has 0 aromatic heterocycles. The van der Waals surface area contributed by atoms with Gasteiger partial charge in [0.1, 0.15) is 0 Å². The minimum atomic E-state index is 0.370. The third-order valence-corrected chi connectivity index (χ3v) is 3.86. The summed E-state index contributed by atoms with van der Waals surface area (Å²) in [7, 11) is 0. The van der Waals surface area contributed by atoms with Crippen molar-refractivity contribution >= 4 is 0 Å². The van der Waals surface area contributed by atoms with Gasteiger partial charge < -0.3 is 15.4 Å². The molecule has 0 radical (unpaired) electrons. The first-order valence-corrected chi connectivity index (χ1v) is 6.35. The third-order valence-electron chi connectivity index (χ3n) is 3.86. The van der Waals surface area contributed by atoms with Crippen molar-refractivity contribution in [1.82, 2.24) is 4.90 Å². The van der Waals surface area contributed by atoms with Gasteiger partial charge in [-0.2, -0.15) is 0 Å². The molecule has 2 aliphatic heterocycles. The van der Waals surface area contributed by atoms with Gasteiger partial charge in [0.15, 0.2) is 0 Å². The Morgan fingerprint density at radius 3 is 2.60 bits per heavy atom. The average molecular weight is 212 g/mol. The van der Waals surface area contributed by atoms with E-state index in [0.717, 1.165) is 19.1 Å². The molecule has 0 amide bonds. The molecule has 0 saturated carbocycles. The minimum Gasteiger partial charge on any atom is -0.377 e. The predicted molar refractivity (Wildman–Crippen MR) is 61.8 cm³/mol. The van der Waals surface area contributed by atoms with Crippen molar-refractivity contribution in [3.63, 3.8) is 0 Å². The van der Waals surface area contributed by atoms with Gasteiger partial charge in [-0.3, -0.25) is 0 Å². The second-order valence-corrected chi connectivity index (χ2v) is 5.13. The van der Waals surface area contributed by atoms with Crippen molar-refractivity contribution in [3.05, 3.63) is 0 Å². The summed E-state index contributed by atoms with van der Waals surface area (Å²) in [6.45, 7) is 6.69. The van der Waals surface area contributed by atoms with Crippen LogP contribution in [0.2, 0.25) is 0 Å². The van der Waals surface area contributed by atoms with Gasteiger partial charge in [0.2, 0.25) is 0 Å². The van der Waals surface area contributed by atoms with Crippen molar-refractivity contribution in [3.8, 4) is 0 Å². The zero-order valence-corrected chi connectivity index (χ0v) is 9.82. The third kappa shape index (κ3) is 3.16. The van der Waals surface area contributed by atoms with Gasteiger partial charge in [0.25, 0.3) is 0 Å². The fourth-order valence-corrected chi connectivity index (χ4v) is 2.74. The number of nitrogens with two attached hydrogens (primary N) is 1. The highest BCUT2D eigenvalue weighted by Crippen LogP contribution is 2.21. The van der Waals surface area contributed by atoms with Crippen LogP contribution < -0.4 is 5.73 Å². The van der Waals surface area contributed by atoms with Crippen LogP contribution >= 0.6 is 0 Å². The Morgan fingerprint density at radius 2 is 2.07 bits per heavy atom. The van der Waals surface area contributed by atoms with Crippen molar-refractivity contribution in [1.29, 1.82) is 0 Å². The van der Waals surface area contributed by atoms with Crippen LogP contribution in [0.1, 0.15) is 32.6 Å². The molecule has 2 aliphatic rings. The van der Waals surface area contributed by atoms with Gasteiger partial charge in [0, 0.05) is 19.2 Å². The fourth-order valence-electron chi connectivity index (χ4n) is 2.74. The minimum absolute atomic E-state index is 0.370. The van der Waals surface area contributed by atoms with E-state index in [4.69, 9.17) is 10.5 Å². The summed E-state index contributed by atoms with van der Waals surface area (Å²) < 4.78 is 5.66. The van der Waals surface area contributed by atoms with Crippen LogP contribution in [0.15, 0.2) is 0 Å². The Kier molecular flexibility index (Phi) is 4.00. The first-order chi connectivity index (χ1) is 7.25. The predicted octanol–water partition coefficient (Wildman–Crippen LogP) is 1.22. The molecule has 2 fully saturated rings. The molecule has 0 bridgehead atoms. The standard InChI is InChI=1S/C12H24N2O/c1-10(13)11-4-6-14(7-5-11)9-12-3-2-8-15-12/h10-12H,2-9,13H2,1H3. The zero-order valence-electron chi connectivity index (χ0n) is 9.82. The lowest BCUT2D eigenvalue weighted by Crippen LogP contribution is -2.42. The van der Waals surface area contributed by atoms with Gasteiger partial charge in [-0.05, 0) is 51.6 Å². The average Bonchev–Trinajstić information content (AvgIpc) is 2.71. The maximum Gasteiger partial charge on any atom is 0.0702 e. The van der Waals surface area contributed by atoms with E-state index >= 15 is 0 Å². The number of ether oxygens (including phenoxy) is 1. The lowest BCUT2D eigenvalue weighted by atomic mass is 9.91. The van der Waals surface area contributed by atoms with Crippen LogP contribution in [0.4, 0.5) is 0 Å². The van der Waals surface area contributed by atoms with Crippen LogP contribution in [0.3, 0.4) is 0 Å². The number of rotatable bonds is 3.